The van der Waals surface area contributed by atoms with Crippen LogP contribution in [0, 0.1) is 23.2 Å². The molecule has 0 radical (unpaired) electrons. The predicted octanol–water partition coefficient (Wildman–Crippen LogP) is 4.53. The lowest BCUT2D eigenvalue weighted by Crippen LogP contribution is -2.52. The molecule has 0 spiro atoms. The van der Waals surface area contributed by atoms with Crippen LogP contribution in [0.1, 0.15) is 53.4 Å². The van der Waals surface area contributed by atoms with Gasteiger partial charge in [-0.2, -0.15) is 0 Å². The van der Waals surface area contributed by atoms with Gasteiger partial charge in [-0.05, 0) is 50.9 Å². The number of carbonyl (C=O) groups excluding carboxylic acids is 1. The van der Waals surface area contributed by atoms with Gasteiger partial charge < -0.3 is 9.47 Å². The molecule has 2 fully saturated rings. The van der Waals surface area contributed by atoms with Crippen LogP contribution in [-0.4, -0.2) is 25.3 Å². The normalized spacial score (nSPS) is 34.3. The number of allylic oxidation sites excluding steroid dienone is 3. The van der Waals surface area contributed by atoms with E-state index in [2.05, 4.69) is 40.3 Å². The predicted molar refractivity (Wildman–Crippen MR) is 93.0 cm³/mol. The van der Waals surface area contributed by atoms with Crippen molar-refractivity contribution in [2.24, 2.45) is 23.2 Å². The molecule has 2 rings (SSSR count). The fraction of sp³-hybridized carbons (Fsp3) is 0.750. The molecule has 1 aliphatic carbocycles. The number of carbonyl (C=O) groups is 1. The van der Waals surface area contributed by atoms with Crippen molar-refractivity contribution in [3.63, 3.8) is 0 Å². The van der Waals surface area contributed by atoms with Gasteiger partial charge in [0.15, 0.2) is 0 Å². The summed E-state index contributed by atoms with van der Waals surface area (Å²) in [4.78, 5) is 12.6. The monoisotopic (exact) mass is 320 g/mol. The maximum Gasteiger partial charge on any atom is 0.310 e. The van der Waals surface area contributed by atoms with Crippen molar-refractivity contribution in [2.45, 2.75) is 65.6 Å². The molecule has 0 aromatic rings. The highest BCUT2D eigenvalue weighted by atomic mass is 16.5. The molecule has 1 saturated carbocycles. The Balaban J connectivity index is 2.19. The van der Waals surface area contributed by atoms with Gasteiger partial charge in [0.1, 0.15) is 6.10 Å². The Labute approximate surface area is 141 Å². The first-order valence-electron chi connectivity index (χ1n) is 8.80. The lowest BCUT2D eigenvalue weighted by molar-refractivity contribution is -0.187. The molecular weight excluding hydrogens is 288 g/mol. The van der Waals surface area contributed by atoms with Gasteiger partial charge in [0.2, 0.25) is 0 Å². The third kappa shape index (κ3) is 3.88. The van der Waals surface area contributed by atoms with Crippen LogP contribution in [0.15, 0.2) is 24.3 Å². The highest BCUT2D eigenvalue weighted by Crippen LogP contribution is 2.46. The van der Waals surface area contributed by atoms with Crippen molar-refractivity contribution in [3.05, 3.63) is 24.3 Å². The zero-order valence-corrected chi connectivity index (χ0v) is 15.3. The van der Waals surface area contributed by atoms with Crippen molar-refractivity contribution in [2.75, 3.05) is 7.11 Å². The van der Waals surface area contributed by atoms with E-state index < -0.39 is 0 Å². The molecule has 1 aliphatic heterocycles. The van der Waals surface area contributed by atoms with Crippen LogP contribution in [0.4, 0.5) is 0 Å². The summed E-state index contributed by atoms with van der Waals surface area (Å²) in [7, 11) is 1.77. The smallest absolute Gasteiger partial charge is 0.310 e. The van der Waals surface area contributed by atoms with Gasteiger partial charge in [-0.25, -0.2) is 0 Å². The van der Waals surface area contributed by atoms with E-state index in [9.17, 15) is 4.79 Å². The number of ether oxygens (including phenoxy) is 2. The van der Waals surface area contributed by atoms with E-state index in [-0.39, 0.29) is 35.4 Å². The highest BCUT2D eigenvalue weighted by Gasteiger charge is 2.49. The van der Waals surface area contributed by atoms with Crippen LogP contribution in [-0.2, 0) is 14.3 Å². The second-order valence-electron chi connectivity index (χ2n) is 8.01. The van der Waals surface area contributed by atoms with Crippen molar-refractivity contribution in [3.8, 4) is 0 Å². The summed E-state index contributed by atoms with van der Waals surface area (Å²) in [6.45, 7) is 12.3. The second-order valence-corrected chi connectivity index (χ2v) is 8.01. The van der Waals surface area contributed by atoms with Gasteiger partial charge in [-0.3, -0.25) is 4.79 Å². The molecule has 5 unspecified atom stereocenters. The quantitative estimate of drug-likeness (QED) is 0.551. The topological polar surface area (TPSA) is 35.5 Å². The first-order chi connectivity index (χ1) is 10.8. The van der Waals surface area contributed by atoms with E-state index in [1.807, 2.05) is 6.08 Å². The van der Waals surface area contributed by atoms with Gasteiger partial charge in [-0.15, -0.1) is 6.58 Å². The molecule has 3 nitrogen and oxygen atoms in total. The van der Waals surface area contributed by atoms with Crippen LogP contribution < -0.4 is 0 Å². The van der Waals surface area contributed by atoms with E-state index in [0.29, 0.717) is 5.92 Å². The molecule has 0 bridgehead atoms. The number of fused-ring (bicyclic) bond motifs is 1. The van der Waals surface area contributed by atoms with Crippen LogP contribution in [0.25, 0.3) is 0 Å². The fourth-order valence-corrected chi connectivity index (χ4v) is 4.07. The van der Waals surface area contributed by atoms with Crippen LogP contribution in [0.3, 0.4) is 0 Å². The van der Waals surface area contributed by atoms with E-state index in [1.165, 1.54) is 5.57 Å². The highest BCUT2D eigenvalue weighted by molar-refractivity contribution is 5.74. The van der Waals surface area contributed by atoms with Gasteiger partial charge >= 0.3 is 5.97 Å². The minimum absolute atomic E-state index is 0.00587. The number of rotatable bonds is 5. The molecule has 1 heterocycles. The molecule has 0 N–H and O–H groups in total. The van der Waals surface area contributed by atoms with Gasteiger partial charge in [0.25, 0.3) is 0 Å². The van der Waals surface area contributed by atoms with Crippen LogP contribution in [0.2, 0.25) is 0 Å². The van der Waals surface area contributed by atoms with Crippen LogP contribution >= 0.6 is 0 Å². The van der Waals surface area contributed by atoms with E-state index in [0.717, 1.165) is 25.7 Å². The third-order valence-electron chi connectivity index (χ3n) is 5.79. The zero-order chi connectivity index (χ0) is 17.2. The summed E-state index contributed by atoms with van der Waals surface area (Å²) in [5, 5.41) is 0. The molecule has 0 aromatic carbocycles. The van der Waals surface area contributed by atoms with Gasteiger partial charge in [-0.1, -0.05) is 31.6 Å². The minimum Gasteiger partial charge on any atom is -0.461 e. The standard InChI is InChI=1S/C20H32O3/c1-7-20(4,5)16-12-14-9-11-17(22-6)15(10-8-13(2)3)18(14)23-19(16)21/h7-8,14-18H,1,9-12H2,2-6H3. The molecular formula is C20H32O3. The molecule has 1 saturated heterocycles. The maximum atomic E-state index is 12.6. The van der Waals surface area contributed by atoms with Gasteiger partial charge in [0, 0.05) is 13.0 Å². The first kappa shape index (κ1) is 18.3. The lowest BCUT2D eigenvalue weighted by atomic mass is 9.66. The van der Waals surface area contributed by atoms with Crippen molar-refractivity contribution in [1.29, 1.82) is 0 Å². The molecule has 0 amide bonds. The Morgan fingerprint density at radius 1 is 1.39 bits per heavy atom. The fourth-order valence-electron chi connectivity index (χ4n) is 4.07. The van der Waals surface area contributed by atoms with E-state index in [1.54, 1.807) is 7.11 Å². The summed E-state index contributed by atoms with van der Waals surface area (Å²) in [5.41, 5.74) is 1.09. The average Bonchev–Trinajstić information content (AvgIpc) is 2.51. The molecule has 0 aromatic heterocycles. The molecule has 5 atom stereocenters. The molecule has 130 valence electrons. The minimum atomic E-state index is -0.213. The average molecular weight is 320 g/mol. The van der Waals surface area contributed by atoms with Crippen molar-refractivity contribution < 1.29 is 14.3 Å². The first-order valence-corrected chi connectivity index (χ1v) is 8.80. The molecule has 2 aliphatic rings. The van der Waals surface area contributed by atoms with Crippen molar-refractivity contribution >= 4 is 5.97 Å². The summed E-state index contributed by atoms with van der Waals surface area (Å²) in [6, 6.07) is 0. The molecule has 23 heavy (non-hydrogen) atoms. The number of hydrogen-bond donors (Lipinski definition) is 0. The van der Waals surface area contributed by atoms with Crippen molar-refractivity contribution in [1.82, 2.24) is 0 Å². The summed E-state index contributed by atoms with van der Waals surface area (Å²) in [6.07, 6.45) is 8.27. The zero-order valence-electron chi connectivity index (χ0n) is 15.3. The Morgan fingerprint density at radius 2 is 2.09 bits per heavy atom. The lowest BCUT2D eigenvalue weighted by Gasteiger charge is -2.48. The number of esters is 1. The van der Waals surface area contributed by atoms with E-state index in [4.69, 9.17) is 9.47 Å². The second kappa shape index (κ2) is 7.21. The number of methoxy groups -OCH3 is 1. The summed E-state index contributed by atoms with van der Waals surface area (Å²) >= 11 is 0. The van der Waals surface area contributed by atoms with Gasteiger partial charge in [0.05, 0.1) is 12.0 Å². The molecule has 3 heteroatoms. The van der Waals surface area contributed by atoms with Crippen LogP contribution in [0.5, 0.6) is 0 Å². The Kier molecular flexibility index (Phi) is 5.72. The Hall–Kier alpha value is -1.09. The Bertz CT molecular complexity index is 473. The maximum absolute atomic E-state index is 12.6. The largest absolute Gasteiger partial charge is 0.461 e. The van der Waals surface area contributed by atoms with E-state index >= 15 is 0 Å². The SMILES string of the molecule is C=CC(C)(C)C1CC2CCC(OC)C(CC=C(C)C)C2OC1=O. The summed E-state index contributed by atoms with van der Waals surface area (Å²) in [5.74, 6) is 0.573. The summed E-state index contributed by atoms with van der Waals surface area (Å²) < 4.78 is 11.7. The number of hydrogen-bond acceptors (Lipinski definition) is 3. The third-order valence-corrected chi connectivity index (χ3v) is 5.79. The Morgan fingerprint density at radius 3 is 2.65 bits per heavy atom.